The second-order valence-electron chi connectivity index (χ2n) is 5.23. The Bertz CT molecular complexity index is 842. The van der Waals surface area contributed by atoms with Gasteiger partial charge >= 0.3 is 5.69 Å². The highest BCUT2D eigenvalue weighted by Gasteiger charge is 2.29. The van der Waals surface area contributed by atoms with E-state index < -0.39 is 14.8 Å². The number of hydrogen-bond donors (Lipinski definition) is 0. The predicted octanol–water partition coefficient (Wildman–Crippen LogP) is 2.62. The smallest absolute Gasteiger partial charge is 0.305 e. The van der Waals surface area contributed by atoms with Gasteiger partial charge in [0.1, 0.15) is 4.21 Å². The average Bonchev–Trinajstić information content (AvgIpc) is 2.92. The molecule has 0 atom stereocenters. The Morgan fingerprint density at radius 2 is 1.95 bits per heavy atom. The lowest BCUT2D eigenvalue weighted by molar-refractivity contribution is -0.383. The molecule has 2 aromatic rings. The Kier molecular flexibility index (Phi) is 3.65. The van der Waals surface area contributed by atoms with Gasteiger partial charge in [0.25, 0.3) is 0 Å². The number of anilines is 1. The van der Waals surface area contributed by atoms with Crippen LogP contribution in [0.2, 0.25) is 0 Å². The minimum absolute atomic E-state index is 0.0352. The Morgan fingerprint density at radius 1 is 1.27 bits per heavy atom. The van der Waals surface area contributed by atoms with Gasteiger partial charge in [-0.15, -0.1) is 0 Å². The van der Waals surface area contributed by atoms with E-state index in [1.54, 1.807) is 0 Å². The van der Waals surface area contributed by atoms with Crippen molar-refractivity contribution in [3.63, 3.8) is 0 Å². The molecule has 1 aliphatic heterocycles. The highest BCUT2D eigenvalue weighted by Crippen LogP contribution is 2.41. The van der Waals surface area contributed by atoms with Crippen LogP contribution < -0.4 is 4.90 Å². The lowest BCUT2D eigenvalue weighted by atomic mass is 10.0. The zero-order valence-electron chi connectivity index (χ0n) is 11.9. The van der Waals surface area contributed by atoms with E-state index in [1.807, 2.05) is 23.1 Å². The number of rotatable bonds is 3. The molecule has 22 heavy (non-hydrogen) atoms. The first-order chi connectivity index (χ1) is 10.4. The van der Waals surface area contributed by atoms with Gasteiger partial charge in [0.15, 0.2) is 14.8 Å². The van der Waals surface area contributed by atoms with E-state index in [0.717, 1.165) is 35.6 Å². The minimum atomic E-state index is -3.45. The van der Waals surface area contributed by atoms with Crippen molar-refractivity contribution in [3.05, 3.63) is 51.6 Å². The molecule has 0 aliphatic carbocycles. The van der Waals surface area contributed by atoms with Crippen molar-refractivity contribution in [1.82, 2.24) is 0 Å². The average molecular weight is 338 g/mol. The number of fused-ring (bicyclic) bond motifs is 1. The van der Waals surface area contributed by atoms with Gasteiger partial charge in [-0.2, -0.15) is 0 Å². The fourth-order valence-electron chi connectivity index (χ4n) is 2.56. The molecule has 1 aromatic carbocycles. The quantitative estimate of drug-likeness (QED) is 0.635. The van der Waals surface area contributed by atoms with Gasteiger partial charge in [-0.1, -0.05) is 35.6 Å². The summed E-state index contributed by atoms with van der Waals surface area (Å²) in [4.78, 5) is 12.6. The van der Waals surface area contributed by atoms with Gasteiger partial charge in [-0.05, 0) is 17.5 Å². The summed E-state index contributed by atoms with van der Waals surface area (Å²) in [7, 11) is -3.45. The molecular formula is C14H14N2O4S2. The predicted molar refractivity (Wildman–Crippen MR) is 85.3 cm³/mol. The van der Waals surface area contributed by atoms with Crippen molar-refractivity contribution >= 4 is 31.9 Å². The maximum atomic E-state index is 11.7. The third kappa shape index (κ3) is 2.71. The fourth-order valence-corrected chi connectivity index (χ4v) is 4.61. The highest BCUT2D eigenvalue weighted by molar-refractivity contribution is 7.92. The molecule has 1 aliphatic rings. The van der Waals surface area contributed by atoms with E-state index in [2.05, 4.69) is 6.07 Å². The Hall–Kier alpha value is -1.93. The van der Waals surface area contributed by atoms with Gasteiger partial charge in [0, 0.05) is 25.4 Å². The van der Waals surface area contributed by atoms with Gasteiger partial charge < -0.3 is 4.90 Å². The van der Waals surface area contributed by atoms with Crippen molar-refractivity contribution in [3.8, 4) is 0 Å². The van der Waals surface area contributed by atoms with E-state index in [0.29, 0.717) is 18.1 Å². The Balaban J connectivity index is 2.02. The molecule has 0 bridgehead atoms. The lowest BCUT2D eigenvalue weighted by Gasteiger charge is -2.28. The van der Waals surface area contributed by atoms with Crippen molar-refractivity contribution in [1.29, 1.82) is 0 Å². The molecule has 8 heteroatoms. The van der Waals surface area contributed by atoms with Crippen LogP contribution in [-0.2, 0) is 22.8 Å². The topological polar surface area (TPSA) is 80.5 Å². The van der Waals surface area contributed by atoms with Crippen molar-refractivity contribution in [2.24, 2.45) is 0 Å². The van der Waals surface area contributed by atoms with Gasteiger partial charge in [0.2, 0.25) is 0 Å². The highest BCUT2D eigenvalue weighted by atomic mass is 32.2. The molecule has 0 spiro atoms. The molecule has 0 fully saturated rings. The molecule has 6 nitrogen and oxygen atoms in total. The summed E-state index contributed by atoms with van der Waals surface area (Å²) in [6.45, 7) is 1.20. The van der Waals surface area contributed by atoms with E-state index in [1.165, 1.54) is 5.56 Å². The molecule has 0 radical (unpaired) electrons. The van der Waals surface area contributed by atoms with Gasteiger partial charge in [-0.3, -0.25) is 10.1 Å². The van der Waals surface area contributed by atoms with Crippen LogP contribution >= 0.6 is 11.3 Å². The summed E-state index contributed by atoms with van der Waals surface area (Å²) >= 11 is 0.972. The first-order valence-electron chi connectivity index (χ1n) is 6.66. The SMILES string of the molecule is CS(=O)(=O)c1cc([N+](=O)[O-])c(N2CCc3ccccc3C2)s1. The normalized spacial score (nSPS) is 14.7. The Morgan fingerprint density at radius 3 is 2.59 bits per heavy atom. The third-order valence-corrected chi connectivity index (χ3v) is 6.64. The van der Waals surface area contributed by atoms with Crippen LogP contribution in [0.15, 0.2) is 34.5 Å². The van der Waals surface area contributed by atoms with E-state index >= 15 is 0 Å². The van der Waals surface area contributed by atoms with Crippen LogP contribution in [0.4, 0.5) is 10.7 Å². The number of thiophene rings is 1. The van der Waals surface area contributed by atoms with Crippen LogP contribution in [0.3, 0.4) is 0 Å². The zero-order valence-corrected chi connectivity index (χ0v) is 13.5. The zero-order chi connectivity index (χ0) is 15.9. The lowest BCUT2D eigenvalue weighted by Crippen LogP contribution is -2.30. The first kappa shape index (κ1) is 15.0. The van der Waals surface area contributed by atoms with Crippen LogP contribution in [0.1, 0.15) is 11.1 Å². The van der Waals surface area contributed by atoms with Crippen molar-refractivity contribution < 1.29 is 13.3 Å². The summed E-state index contributed by atoms with van der Waals surface area (Å²) in [5.41, 5.74) is 2.23. The second-order valence-corrected chi connectivity index (χ2v) is 8.50. The molecular weight excluding hydrogens is 324 g/mol. The monoisotopic (exact) mass is 338 g/mol. The standard InChI is InChI=1S/C14H14N2O4S2/c1-22(19,20)13-8-12(16(17)18)14(21-13)15-7-6-10-4-2-3-5-11(10)9-15/h2-5,8H,6-7,9H2,1H3. The van der Waals surface area contributed by atoms with Crippen molar-refractivity contribution in [2.75, 3.05) is 17.7 Å². The molecule has 0 unspecified atom stereocenters. The molecule has 116 valence electrons. The second kappa shape index (κ2) is 5.36. The number of nitro groups is 1. The van der Waals surface area contributed by atoms with Crippen LogP contribution in [0.5, 0.6) is 0 Å². The summed E-state index contributed by atoms with van der Waals surface area (Å²) in [6.07, 6.45) is 1.86. The molecule has 0 saturated carbocycles. The maximum Gasteiger partial charge on any atom is 0.305 e. The first-order valence-corrected chi connectivity index (χ1v) is 9.37. The number of nitrogens with zero attached hydrogens (tertiary/aromatic N) is 2. The van der Waals surface area contributed by atoms with Crippen LogP contribution in [-0.4, -0.2) is 26.1 Å². The van der Waals surface area contributed by atoms with E-state index in [4.69, 9.17) is 0 Å². The van der Waals surface area contributed by atoms with Gasteiger partial charge in [-0.25, -0.2) is 8.42 Å². The molecule has 1 aromatic heterocycles. The summed E-state index contributed by atoms with van der Waals surface area (Å²) < 4.78 is 23.4. The Labute approximate surface area is 132 Å². The molecule has 0 N–H and O–H groups in total. The largest absolute Gasteiger partial charge is 0.353 e. The molecule has 0 amide bonds. The molecule has 0 saturated heterocycles. The number of sulfone groups is 1. The van der Waals surface area contributed by atoms with Crippen LogP contribution in [0, 0.1) is 10.1 Å². The number of hydrogen-bond acceptors (Lipinski definition) is 6. The minimum Gasteiger partial charge on any atom is -0.353 e. The fraction of sp³-hybridized carbons (Fsp3) is 0.286. The maximum absolute atomic E-state index is 11.7. The summed E-state index contributed by atoms with van der Waals surface area (Å²) in [5.74, 6) is 0. The van der Waals surface area contributed by atoms with E-state index in [-0.39, 0.29) is 9.90 Å². The van der Waals surface area contributed by atoms with Gasteiger partial charge in [0.05, 0.1) is 4.92 Å². The summed E-state index contributed by atoms with van der Waals surface area (Å²) in [5, 5.41) is 11.7. The number of benzene rings is 1. The molecule has 3 rings (SSSR count). The van der Waals surface area contributed by atoms with Crippen molar-refractivity contribution in [2.45, 2.75) is 17.2 Å². The van der Waals surface area contributed by atoms with E-state index in [9.17, 15) is 18.5 Å². The van der Waals surface area contributed by atoms with Crippen LogP contribution in [0.25, 0.3) is 0 Å². The summed E-state index contributed by atoms with van der Waals surface area (Å²) in [6, 6.07) is 9.13. The third-order valence-electron chi connectivity index (χ3n) is 3.65. The molecule has 2 heterocycles.